The SMILES string of the molecule is Cc1cc(C)n2c(C(=O)N3C[C@H]4CCN(C)[C@H]4C3)nnc2n1. The van der Waals surface area contributed by atoms with Crippen molar-refractivity contribution in [2.45, 2.75) is 26.3 Å². The molecule has 22 heavy (non-hydrogen) atoms. The molecule has 0 aliphatic carbocycles. The molecule has 2 fully saturated rings. The number of carbonyl (C=O) groups excluding carboxylic acids is 1. The average Bonchev–Trinajstić information content (AvgIpc) is 3.14. The zero-order valence-corrected chi connectivity index (χ0v) is 13.2. The van der Waals surface area contributed by atoms with Gasteiger partial charge in [-0.3, -0.25) is 9.20 Å². The van der Waals surface area contributed by atoms with Crippen molar-refractivity contribution < 1.29 is 4.79 Å². The number of hydrogen-bond donors (Lipinski definition) is 0. The molecule has 7 heteroatoms. The second kappa shape index (κ2) is 4.74. The van der Waals surface area contributed by atoms with Crippen LogP contribution >= 0.6 is 0 Å². The van der Waals surface area contributed by atoms with Crippen LogP contribution in [0, 0.1) is 19.8 Å². The van der Waals surface area contributed by atoms with Crippen LogP contribution < -0.4 is 0 Å². The molecule has 0 bridgehead atoms. The fourth-order valence-corrected chi connectivity index (χ4v) is 3.85. The van der Waals surface area contributed by atoms with Gasteiger partial charge in [-0.25, -0.2) is 4.98 Å². The maximum atomic E-state index is 12.9. The van der Waals surface area contributed by atoms with E-state index in [-0.39, 0.29) is 5.91 Å². The normalized spacial score (nSPS) is 25.1. The quantitative estimate of drug-likeness (QED) is 0.768. The molecular weight excluding hydrogens is 280 g/mol. The summed E-state index contributed by atoms with van der Waals surface area (Å²) in [7, 11) is 2.14. The van der Waals surface area contributed by atoms with Gasteiger partial charge in [-0.2, -0.15) is 0 Å². The molecule has 116 valence electrons. The lowest BCUT2D eigenvalue weighted by Crippen LogP contribution is -2.35. The Morgan fingerprint density at radius 3 is 2.86 bits per heavy atom. The van der Waals surface area contributed by atoms with Crippen molar-refractivity contribution in [3.8, 4) is 0 Å². The molecule has 0 radical (unpaired) electrons. The zero-order chi connectivity index (χ0) is 15.4. The number of aromatic nitrogens is 4. The first kappa shape index (κ1) is 13.6. The van der Waals surface area contributed by atoms with E-state index in [2.05, 4.69) is 27.1 Å². The van der Waals surface area contributed by atoms with Gasteiger partial charge in [-0.1, -0.05) is 0 Å². The first-order valence-electron chi connectivity index (χ1n) is 7.73. The number of aryl methyl sites for hydroxylation is 2. The molecule has 2 aliphatic heterocycles. The summed E-state index contributed by atoms with van der Waals surface area (Å²) in [6.07, 6.45) is 1.17. The summed E-state index contributed by atoms with van der Waals surface area (Å²) in [5.74, 6) is 1.43. The zero-order valence-electron chi connectivity index (χ0n) is 13.2. The van der Waals surface area contributed by atoms with Gasteiger partial charge in [-0.15, -0.1) is 10.2 Å². The van der Waals surface area contributed by atoms with Gasteiger partial charge in [0.15, 0.2) is 0 Å². The third-order valence-corrected chi connectivity index (χ3v) is 5.00. The van der Waals surface area contributed by atoms with Crippen molar-refractivity contribution in [2.24, 2.45) is 5.92 Å². The maximum Gasteiger partial charge on any atom is 0.292 e. The number of carbonyl (C=O) groups is 1. The summed E-state index contributed by atoms with van der Waals surface area (Å²) in [5, 5.41) is 8.16. The number of likely N-dealkylation sites (tertiary alicyclic amines) is 2. The van der Waals surface area contributed by atoms with Crippen molar-refractivity contribution in [3.05, 3.63) is 23.3 Å². The van der Waals surface area contributed by atoms with E-state index in [4.69, 9.17) is 0 Å². The van der Waals surface area contributed by atoms with Crippen LogP contribution in [-0.4, -0.2) is 68.0 Å². The first-order valence-corrected chi connectivity index (χ1v) is 7.73. The minimum absolute atomic E-state index is 0.0379. The number of hydrogen-bond acceptors (Lipinski definition) is 5. The Morgan fingerprint density at radius 2 is 2.09 bits per heavy atom. The van der Waals surface area contributed by atoms with E-state index in [1.165, 1.54) is 6.42 Å². The van der Waals surface area contributed by atoms with E-state index in [1.807, 2.05) is 24.8 Å². The fourth-order valence-electron chi connectivity index (χ4n) is 3.85. The number of rotatable bonds is 1. The predicted octanol–water partition coefficient (Wildman–Crippen LogP) is 0.517. The number of nitrogens with zero attached hydrogens (tertiary/aromatic N) is 6. The van der Waals surface area contributed by atoms with E-state index >= 15 is 0 Å². The van der Waals surface area contributed by atoms with Crippen molar-refractivity contribution >= 4 is 11.7 Å². The third-order valence-electron chi connectivity index (χ3n) is 5.00. The maximum absolute atomic E-state index is 12.9. The minimum Gasteiger partial charge on any atom is -0.334 e. The van der Waals surface area contributed by atoms with E-state index < -0.39 is 0 Å². The monoisotopic (exact) mass is 300 g/mol. The van der Waals surface area contributed by atoms with Gasteiger partial charge in [0.25, 0.3) is 11.7 Å². The largest absolute Gasteiger partial charge is 0.334 e. The summed E-state index contributed by atoms with van der Waals surface area (Å²) in [6.45, 7) is 6.61. The molecule has 2 aliphatic rings. The molecule has 1 amide bonds. The molecule has 4 rings (SSSR count). The van der Waals surface area contributed by atoms with Crippen molar-refractivity contribution in [1.29, 1.82) is 0 Å². The summed E-state index contributed by atoms with van der Waals surface area (Å²) < 4.78 is 1.76. The highest BCUT2D eigenvalue weighted by Crippen LogP contribution is 2.30. The van der Waals surface area contributed by atoms with Gasteiger partial charge in [0.05, 0.1) is 0 Å². The molecule has 0 aromatic carbocycles. The van der Waals surface area contributed by atoms with Crippen LogP contribution in [0.4, 0.5) is 0 Å². The Balaban J connectivity index is 1.67. The summed E-state index contributed by atoms with van der Waals surface area (Å²) in [5.41, 5.74) is 1.82. The lowest BCUT2D eigenvalue weighted by molar-refractivity contribution is 0.0761. The van der Waals surface area contributed by atoms with Crippen LogP contribution in [0.1, 0.15) is 28.4 Å². The number of amides is 1. The van der Waals surface area contributed by atoms with E-state index in [0.717, 1.165) is 31.0 Å². The summed E-state index contributed by atoms with van der Waals surface area (Å²) in [6, 6.07) is 2.43. The van der Waals surface area contributed by atoms with Gasteiger partial charge < -0.3 is 9.80 Å². The number of likely N-dealkylation sites (N-methyl/N-ethyl adjacent to an activating group) is 1. The van der Waals surface area contributed by atoms with E-state index in [1.54, 1.807) is 4.40 Å². The molecule has 0 unspecified atom stereocenters. The van der Waals surface area contributed by atoms with E-state index in [0.29, 0.717) is 23.6 Å². The lowest BCUT2D eigenvalue weighted by Gasteiger charge is -2.20. The summed E-state index contributed by atoms with van der Waals surface area (Å²) >= 11 is 0. The summed E-state index contributed by atoms with van der Waals surface area (Å²) in [4.78, 5) is 21.5. The minimum atomic E-state index is -0.0379. The highest BCUT2D eigenvalue weighted by atomic mass is 16.2. The molecule has 2 aromatic rings. The highest BCUT2D eigenvalue weighted by molar-refractivity contribution is 5.91. The smallest absolute Gasteiger partial charge is 0.292 e. The van der Waals surface area contributed by atoms with Crippen LogP contribution in [0.5, 0.6) is 0 Å². The fraction of sp³-hybridized carbons (Fsp3) is 0.600. The van der Waals surface area contributed by atoms with Gasteiger partial charge in [0.1, 0.15) is 0 Å². The molecule has 4 heterocycles. The van der Waals surface area contributed by atoms with Crippen molar-refractivity contribution in [1.82, 2.24) is 29.4 Å². The first-order chi connectivity index (χ1) is 10.5. The van der Waals surface area contributed by atoms with Gasteiger partial charge in [-0.05, 0) is 45.8 Å². The molecule has 2 atom stereocenters. The van der Waals surface area contributed by atoms with E-state index in [9.17, 15) is 4.79 Å². The Bertz CT molecular complexity index is 754. The average molecular weight is 300 g/mol. The molecule has 2 saturated heterocycles. The third kappa shape index (κ3) is 1.92. The Hall–Kier alpha value is -2.02. The lowest BCUT2D eigenvalue weighted by atomic mass is 10.1. The topological polar surface area (TPSA) is 66.6 Å². The van der Waals surface area contributed by atoms with Crippen molar-refractivity contribution in [2.75, 3.05) is 26.7 Å². The number of fused-ring (bicyclic) bond motifs is 2. The van der Waals surface area contributed by atoms with Crippen LogP contribution in [0.3, 0.4) is 0 Å². The predicted molar refractivity (Wildman–Crippen MR) is 80.7 cm³/mol. The molecule has 7 nitrogen and oxygen atoms in total. The highest BCUT2D eigenvalue weighted by Gasteiger charge is 2.42. The Morgan fingerprint density at radius 1 is 1.27 bits per heavy atom. The second-order valence-corrected chi connectivity index (χ2v) is 6.50. The standard InChI is InChI=1S/C15H20N6O/c1-9-6-10(2)21-13(17-18-15(21)16-9)14(22)20-7-11-4-5-19(3)12(11)8-20/h6,11-12H,4-5,7-8H2,1-3H3/t11-,12+/m1/s1. The molecule has 0 N–H and O–H groups in total. The van der Waals surface area contributed by atoms with Crippen LogP contribution in [-0.2, 0) is 0 Å². The van der Waals surface area contributed by atoms with Crippen LogP contribution in [0.25, 0.3) is 5.78 Å². The molecular formula is C15H20N6O. The van der Waals surface area contributed by atoms with Crippen LogP contribution in [0.2, 0.25) is 0 Å². The van der Waals surface area contributed by atoms with Gasteiger partial charge >= 0.3 is 0 Å². The second-order valence-electron chi connectivity index (χ2n) is 6.50. The molecule has 0 saturated carbocycles. The molecule has 2 aromatic heterocycles. The van der Waals surface area contributed by atoms with Gasteiger partial charge in [0.2, 0.25) is 5.82 Å². The van der Waals surface area contributed by atoms with Crippen LogP contribution in [0.15, 0.2) is 6.07 Å². The Labute approximate surface area is 128 Å². The van der Waals surface area contributed by atoms with Gasteiger partial charge in [0, 0.05) is 30.5 Å². The Kier molecular flexibility index (Phi) is 2.94. The van der Waals surface area contributed by atoms with Crippen molar-refractivity contribution in [3.63, 3.8) is 0 Å². The molecule has 0 spiro atoms.